The van der Waals surface area contributed by atoms with E-state index >= 15 is 0 Å². The molecule has 2 saturated heterocycles. The molecule has 0 aliphatic carbocycles. The third-order valence-corrected chi connectivity index (χ3v) is 5.07. The van der Waals surface area contributed by atoms with Crippen molar-refractivity contribution in [3.05, 3.63) is 29.8 Å². The maximum absolute atomic E-state index is 13.0. The lowest BCUT2D eigenvalue weighted by molar-refractivity contribution is -0.150. The zero-order chi connectivity index (χ0) is 20.5. The number of benzene rings is 1. The standard InChI is InChI=1S/C19H21F3N2O4/c1-2-28-18(27)12-5-4-8-23(11-12)15-10-16(25)24(17(15)26)14-7-3-6-13(9-14)19(20,21)22/h3,6-7,9,12,15H,2,4-5,8,10-11H2,1H3/t12-,15-/m0/s1. The molecule has 0 N–H and O–H groups in total. The van der Waals surface area contributed by atoms with Crippen molar-refractivity contribution < 1.29 is 32.3 Å². The van der Waals surface area contributed by atoms with Crippen LogP contribution in [-0.2, 0) is 25.3 Å². The number of carbonyl (C=O) groups is 3. The number of rotatable bonds is 4. The van der Waals surface area contributed by atoms with Crippen molar-refractivity contribution in [2.75, 3.05) is 24.6 Å². The van der Waals surface area contributed by atoms with Gasteiger partial charge in [0.05, 0.1) is 36.2 Å². The van der Waals surface area contributed by atoms with Crippen LogP contribution in [0, 0.1) is 5.92 Å². The molecule has 0 unspecified atom stereocenters. The zero-order valence-corrected chi connectivity index (χ0v) is 15.4. The molecule has 152 valence electrons. The Morgan fingerprint density at radius 1 is 1.29 bits per heavy atom. The molecule has 28 heavy (non-hydrogen) atoms. The van der Waals surface area contributed by atoms with Gasteiger partial charge >= 0.3 is 12.1 Å². The summed E-state index contributed by atoms with van der Waals surface area (Å²) in [7, 11) is 0. The van der Waals surface area contributed by atoms with E-state index in [-0.39, 0.29) is 30.6 Å². The number of amides is 2. The molecule has 9 heteroatoms. The van der Waals surface area contributed by atoms with E-state index < -0.39 is 29.6 Å². The molecule has 2 atom stereocenters. The summed E-state index contributed by atoms with van der Waals surface area (Å²) in [5, 5.41) is 0. The Bertz CT molecular complexity index is 781. The van der Waals surface area contributed by atoms with Crippen molar-refractivity contribution in [2.45, 2.75) is 38.4 Å². The SMILES string of the molecule is CCOC(=O)[C@H]1CCCN([C@H]2CC(=O)N(c3cccc(C(F)(F)F)c3)C2=O)C1. The number of hydrogen-bond acceptors (Lipinski definition) is 5. The van der Waals surface area contributed by atoms with Crippen molar-refractivity contribution in [2.24, 2.45) is 5.92 Å². The van der Waals surface area contributed by atoms with Crippen LogP contribution in [0.1, 0.15) is 31.7 Å². The molecular formula is C19H21F3N2O4. The average molecular weight is 398 g/mol. The van der Waals surface area contributed by atoms with Crippen LogP contribution in [-0.4, -0.2) is 48.4 Å². The van der Waals surface area contributed by atoms with Crippen LogP contribution in [0.2, 0.25) is 0 Å². The number of ether oxygens (including phenoxy) is 1. The zero-order valence-electron chi connectivity index (χ0n) is 15.4. The summed E-state index contributed by atoms with van der Waals surface area (Å²) in [5.74, 6) is -1.82. The summed E-state index contributed by atoms with van der Waals surface area (Å²) in [4.78, 5) is 39.8. The van der Waals surface area contributed by atoms with Crippen molar-refractivity contribution in [1.82, 2.24) is 4.90 Å². The molecule has 1 aromatic carbocycles. The second kappa shape index (κ2) is 7.90. The Morgan fingerprint density at radius 3 is 2.71 bits per heavy atom. The van der Waals surface area contributed by atoms with Crippen LogP contribution in [0.5, 0.6) is 0 Å². The minimum absolute atomic E-state index is 0.0914. The largest absolute Gasteiger partial charge is 0.466 e. The first-order valence-corrected chi connectivity index (χ1v) is 9.17. The molecule has 0 saturated carbocycles. The van der Waals surface area contributed by atoms with E-state index in [9.17, 15) is 27.6 Å². The Balaban J connectivity index is 1.78. The molecule has 1 aromatic rings. The second-order valence-corrected chi connectivity index (χ2v) is 6.92. The predicted molar refractivity (Wildman–Crippen MR) is 93.3 cm³/mol. The number of likely N-dealkylation sites (tertiary alicyclic amines) is 1. The molecule has 2 amide bonds. The molecule has 0 spiro atoms. The summed E-state index contributed by atoms with van der Waals surface area (Å²) < 4.78 is 43.9. The lowest BCUT2D eigenvalue weighted by atomic mass is 9.96. The number of halogens is 3. The Hall–Kier alpha value is -2.42. The number of hydrogen-bond donors (Lipinski definition) is 0. The first kappa shape index (κ1) is 20.3. The number of carbonyl (C=O) groups excluding carboxylic acids is 3. The molecule has 2 aliphatic heterocycles. The third kappa shape index (κ3) is 4.04. The minimum atomic E-state index is -4.57. The number of alkyl halides is 3. The van der Waals surface area contributed by atoms with Gasteiger partial charge in [-0.2, -0.15) is 13.2 Å². The first-order chi connectivity index (χ1) is 13.2. The van der Waals surface area contributed by atoms with Crippen molar-refractivity contribution in [3.63, 3.8) is 0 Å². The monoisotopic (exact) mass is 398 g/mol. The fourth-order valence-electron chi connectivity index (χ4n) is 3.74. The van der Waals surface area contributed by atoms with Gasteiger partial charge in [-0.15, -0.1) is 0 Å². The van der Waals surface area contributed by atoms with Crippen LogP contribution in [0.25, 0.3) is 0 Å². The van der Waals surface area contributed by atoms with Crippen molar-refractivity contribution in [3.8, 4) is 0 Å². The molecule has 2 aliphatic rings. The molecule has 0 bridgehead atoms. The van der Waals surface area contributed by atoms with E-state index in [4.69, 9.17) is 4.74 Å². The summed E-state index contributed by atoms with van der Waals surface area (Å²) in [5.41, 5.74) is -1.01. The van der Waals surface area contributed by atoms with Gasteiger partial charge in [-0.05, 0) is 44.5 Å². The van der Waals surface area contributed by atoms with E-state index in [1.807, 2.05) is 0 Å². The summed E-state index contributed by atoms with van der Waals surface area (Å²) in [6.45, 7) is 2.80. The highest BCUT2D eigenvalue weighted by atomic mass is 19.4. The van der Waals surface area contributed by atoms with E-state index in [0.29, 0.717) is 25.9 Å². The van der Waals surface area contributed by atoms with Crippen molar-refractivity contribution in [1.29, 1.82) is 0 Å². The Morgan fingerprint density at radius 2 is 2.04 bits per heavy atom. The van der Waals surface area contributed by atoms with Gasteiger partial charge in [-0.25, -0.2) is 4.90 Å². The number of nitrogens with zero attached hydrogens (tertiary/aromatic N) is 2. The van der Waals surface area contributed by atoms with Crippen LogP contribution < -0.4 is 4.90 Å². The molecule has 0 aromatic heterocycles. The van der Waals surface area contributed by atoms with Gasteiger partial charge in [-0.3, -0.25) is 19.3 Å². The lowest BCUT2D eigenvalue weighted by Gasteiger charge is -2.34. The summed E-state index contributed by atoms with van der Waals surface area (Å²) >= 11 is 0. The number of piperidine rings is 1. The number of esters is 1. The second-order valence-electron chi connectivity index (χ2n) is 6.92. The fraction of sp³-hybridized carbons (Fsp3) is 0.526. The van der Waals surface area contributed by atoms with E-state index in [0.717, 1.165) is 17.0 Å². The minimum Gasteiger partial charge on any atom is -0.466 e. The lowest BCUT2D eigenvalue weighted by Crippen LogP contribution is -2.48. The maximum atomic E-state index is 13.0. The van der Waals surface area contributed by atoms with Crippen LogP contribution >= 0.6 is 0 Å². The quantitative estimate of drug-likeness (QED) is 0.576. The summed E-state index contributed by atoms with van der Waals surface area (Å²) in [6, 6.07) is 3.39. The fourth-order valence-corrected chi connectivity index (χ4v) is 3.74. The highest BCUT2D eigenvalue weighted by Crippen LogP contribution is 2.34. The van der Waals surface area contributed by atoms with Crippen LogP contribution in [0.15, 0.2) is 24.3 Å². The van der Waals surface area contributed by atoms with Gasteiger partial charge in [-0.1, -0.05) is 6.07 Å². The third-order valence-electron chi connectivity index (χ3n) is 5.07. The van der Waals surface area contributed by atoms with Crippen molar-refractivity contribution >= 4 is 23.5 Å². The van der Waals surface area contributed by atoms with E-state index in [1.165, 1.54) is 12.1 Å². The smallest absolute Gasteiger partial charge is 0.416 e. The molecule has 3 rings (SSSR count). The average Bonchev–Trinajstić information content (AvgIpc) is 2.96. The van der Waals surface area contributed by atoms with Gasteiger partial charge in [0, 0.05) is 6.54 Å². The topological polar surface area (TPSA) is 66.9 Å². The molecule has 2 fully saturated rings. The highest BCUT2D eigenvalue weighted by molar-refractivity contribution is 6.22. The first-order valence-electron chi connectivity index (χ1n) is 9.17. The molecular weight excluding hydrogens is 377 g/mol. The van der Waals surface area contributed by atoms with E-state index in [2.05, 4.69) is 0 Å². The molecule has 2 heterocycles. The van der Waals surface area contributed by atoms with Gasteiger partial charge in [0.15, 0.2) is 0 Å². The highest BCUT2D eigenvalue weighted by Gasteiger charge is 2.45. The normalized spacial score (nSPS) is 23.9. The number of anilines is 1. The van der Waals surface area contributed by atoms with Crippen LogP contribution in [0.4, 0.5) is 18.9 Å². The Kier molecular flexibility index (Phi) is 5.74. The Labute approximate surface area is 160 Å². The van der Waals surface area contributed by atoms with Gasteiger partial charge < -0.3 is 4.74 Å². The predicted octanol–water partition coefficient (Wildman–Crippen LogP) is 2.61. The van der Waals surface area contributed by atoms with Gasteiger partial charge in [0.2, 0.25) is 5.91 Å². The number of imide groups is 1. The molecule has 6 nitrogen and oxygen atoms in total. The van der Waals surface area contributed by atoms with Gasteiger partial charge in [0.25, 0.3) is 5.91 Å². The molecule has 0 radical (unpaired) electrons. The maximum Gasteiger partial charge on any atom is 0.416 e. The van der Waals surface area contributed by atoms with Crippen LogP contribution in [0.3, 0.4) is 0 Å². The van der Waals surface area contributed by atoms with Gasteiger partial charge in [0.1, 0.15) is 0 Å². The van der Waals surface area contributed by atoms with E-state index in [1.54, 1.807) is 11.8 Å². The summed E-state index contributed by atoms with van der Waals surface area (Å²) in [6.07, 6.45) is -3.38.